The standard InChI is InChI=1S/C26H17BrClN3S/c27-19-9-13-21(14-10-19)29-25(32)24-23-8-4-5-17-30(23)26(18-6-2-1-3-7-18)31(24)22-15-11-20(28)12-16-22/h1-17H/p+1. The minimum absolute atomic E-state index is 0.633. The van der Waals surface area contributed by atoms with E-state index in [9.17, 15) is 0 Å². The average molecular weight is 520 g/mol. The summed E-state index contributed by atoms with van der Waals surface area (Å²) in [5.74, 6) is 1.01. The Morgan fingerprint density at radius 1 is 0.844 bits per heavy atom. The van der Waals surface area contributed by atoms with Crippen molar-refractivity contribution in [2.45, 2.75) is 0 Å². The molecule has 0 atom stereocenters. The van der Waals surface area contributed by atoms with E-state index in [1.807, 2.05) is 78.9 Å². The van der Waals surface area contributed by atoms with Crippen LogP contribution in [0, 0.1) is 0 Å². The van der Waals surface area contributed by atoms with Crippen molar-refractivity contribution in [3.63, 3.8) is 0 Å². The van der Waals surface area contributed by atoms with Gasteiger partial charge in [-0.15, -0.1) is 0 Å². The Bertz CT molecular complexity index is 1410. The second kappa shape index (κ2) is 8.87. The van der Waals surface area contributed by atoms with Gasteiger partial charge in [0, 0.05) is 15.2 Å². The molecule has 0 fully saturated rings. The molecule has 0 aliphatic rings. The lowest BCUT2D eigenvalue weighted by Gasteiger charge is -2.09. The molecular formula is C26H18BrClN3S+. The summed E-state index contributed by atoms with van der Waals surface area (Å²) in [6.45, 7) is 0. The van der Waals surface area contributed by atoms with E-state index in [4.69, 9.17) is 23.8 Å². The van der Waals surface area contributed by atoms with Gasteiger partial charge in [0.1, 0.15) is 5.69 Å². The number of aromatic nitrogens is 2. The smallest absolute Gasteiger partial charge is 0.299 e. The third kappa shape index (κ3) is 3.95. The molecule has 0 saturated heterocycles. The first-order valence-corrected chi connectivity index (χ1v) is 11.6. The lowest BCUT2D eigenvalue weighted by atomic mass is 10.2. The second-order valence-corrected chi connectivity index (χ2v) is 9.03. The first-order valence-electron chi connectivity index (χ1n) is 10.1. The van der Waals surface area contributed by atoms with E-state index >= 15 is 0 Å². The third-order valence-electron chi connectivity index (χ3n) is 5.20. The number of rotatable bonds is 4. The van der Waals surface area contributed by atoms with E-state index in [2.05, 4.69) is 54.6 Å². The van der Waals surface area contributed by atoms with Gasteiger partial charge in [-0.25, -0.2) is 0 Å². The molecule has 0 bridgehead atoms. The summed E-state index contributed by atoms with van der Waals surface area (Å²) in [5.41, 5.74) is 4.91. The van der Waals surface area contributed by atoms with Gasteiger partial charge in [0.05, 0.1) is 11.8 Å². The molecule has 3 aromatic carbocycles. The summed E-state index contributed by atoms with van der Waals surface area (Å²) >= 11 is 15.6. The molecule has 2 heterocycles. The van der Waals surface area contributed by atoms with Gasteiger partial charge in [0.15, 0.2) is 10.5 Å². The molecule has 0 saturated carbocycles. The molecular weight excluding hydrogens is 502 g/mol. The number of hydrogen-bond acceptors (Lipinski definition) is 1. The van der Waals surface area contributed by atoms with Gasteiger partial charge in [-0.1, -0.05) is 64.0 Å². The van der Waals surface area contributed by atoms with Gasteiger partial charge in [0.2, 0.25) is 5.69 Å². The average Bonchev–Trinajstić information content (AvgIpc) is 3.17. The molecule has 0 spiro atoms. The Labute approximate surface area is 205 Å². The first kappa shape index (κ1) is 20.9. The molecule has 0 radical (unpaired) electrons. The first-order chi connectivity index (χ1) is 15.6. The zero-order chi connectivity index (χ0) is 22.1. The monoisotopic (exact) mass is 518 g/mol. The Balaban J connectivity index is 1.78. The summed E-state index contributed by atoms with van der Waals surface area (Å²) in [7, 11) is 0. The van der Waals surface area contributed by atoms with Crippen molar-refractivity contribution in [3.05, 3.63) is 118 Å². The van der Waals surface area contributed by atoms with Gasteiger partial charge < -0.3 is 5.32 Å². The van der Waals surface area contributed by atoms with E-state index in [-0.39, 0.29) is 0 Å². The Morgan fingerprint density at radius 3 is 2.25 bits per heavy atom. The molecule has 32 heavy (non-hydrogen) atoms. The van der Waals surface area contributed by atoms with Crippen molar-refractivity contribution >= 4 is 55.9 Å². The van der Waals surface area contributed by atoms with E-state index in [0.717, 1.165) is 38.4 Å². The van der Waals surface area contributed by atoms with Crippen LogP contribution in [0.4, 0.5) is 5.69 Å². The number of benzene rings is 3. The highest BCUT2D eigenvalue weighted by atomic mass is 79.9. The molecule has 0 aliphatic heterocycles. The maximum atomic E-state index is 6.20. The minimum Gasteiger partial charge on any atom is -0.343 e. The molecule has 1 N–H and O–H groups in total. The minimum atomic E-state index is 0.633. The molecule has 6 heteroatoms. The summed E-state index contributed by atoms with van der Waals surface area (Å²) < 4.78 is 5.38. The molecule has 5 aromatic rings. The second-order valence-electron chi connectivity index (χ2n) is 7.27. The summed E-state index contributed by atoms with van der Waals surface area (Å²) in [5, 5.41) is 4.11. The van der Waals surface area contributed by atoms with Crippen molar-refractivity contribution in [2.75, 3.05) is 5.32 Å². The summed E-state index contributed by atoms with van der Waals surface area (Å²) in [6.07, 6.45) is 2.07. The number of pyridine rings is 1. The lowest BCUT2D eigenvalue weighted by molar-refractivity contribution is -0.499. The highest BCUT2D eigenvalue weighted by Crippen LogP contribution is 2.28. The van der Waals surface area contributed by atoms with Crippen LogP contribution in [0.2, 0.25) is 5.02 Å². The van der Waals surface area contributed by atoms with E-state index < -0.39 is 0 Å². The van der Waals surface area contributed by atoms with Gasteiger partial charge >= 0.3 is 0 Å². The van der Waals surface area contributed by atoms with Gasteiger partial charge in [-0.2, -0.15) is 8.97 Å². The quantitative estimate of drug-likeness (QED) is 0.202. The fourth-order valence-corrected chi connectivity index (χ4v) is 4.49. The van der Waals surface area contributed by atoms with Crippen molar-refractivity contribution in [2.24, 2.45) is 0 Å². The van der Waals surface area contributed by atoms with Gasteiger partial charge in [0.25, 0.3) is 5.82 Å². The van der Waals surface area contributed by atoms with Crippen LogP contribution < -0.4 is 9.72 Å². The SMILES string of the molecule is S=C(Nc1ccc(Br)cc1)c1c2cccc[n+]2c(-c2ccccc2)n1-c1ccc(Cl)cc1. The molecule has 3 nitrogen and oxygen atoms in total. The van der Waals surface area contributed by atoms with Crippen molar-refractivity contribution in [1.29, 1.82) is 0 Å². The fraction of sp³-hybridized carbons (Fsp3) is 0. The number of imidazole rings is 1. The van der Waals surface area contributed by atoms with Crippen molar-refractivity contribution < 1.29 is 4.40 Å². The molecule has 2 aromatic heterocycles. The third-order valence-corrected chi connectivity index (χ3v) is 6.28. The number of halogens is 2. The van der Waals surface area contributed by atoms with E-state index in [1.165, 1.54) is 0 Å². The van der Waals surface area contributed by atoms with Crippen molar-refractivity contribution in [3.8, 4) is 17.1 Å². The topological polar surface area (TPSA) is 21.1 Å². The van der Waals surface area contributed by atoms with Gasteiger partial charge in [-0.3, -0.25) is 0 Å². The van der Waals surface area contributed by atoms with Gasteiger partial charge in [-0.05, 0) is 72.8 Å². The zero-order valence-corrected chi connectivity index (χ0v) is 20.0. The molecule has 0 unspecified atom stereocenters. The van der Waals surface area contributed by atoms with Crippen LogP contribution in [0.25, 0.3) is 22.6 Å². The molecule has 0 amide bonds. The number of nitrogens with one attached hydrogen (secondary N) is 1. The number of thiocarbonyl (C=S) groups is 1. The summed E-state index contributed by atoms with van der Waals surface area (Å²) in [4.78, 5) is 0.633. The van der Waals surface area contributed by atoms with Crippen LogP contribution in [0.5, 0.6) is 0 Å². The normalized spacial score (nSPS) is 10.9. The predicted octanol–water partition coefficient (Wildman–Crippen LogP) is 7.09. The maximum absolute atomic E-state index is 6.20. The highest BCUT2D eigenvalue weighted by molar-refractivity contribution is 9.10. The number of hydrogen-bond donors (Lipinski definition) is 1. The number of nitrogens with zero attached hydrogens (tertiary/aromatic N) is 2. The molecule has 5 rings (SSSR count). The van der Waals surface area contributed by atoms with Crippen LogP contribution in [-0.4, -0.2) is 9.56 Å². The Kier molecular flexibility index (Phi) is 5.79. The maximum Gasteiger partial charge on any atom is 0.299 e. The fourth-order valence-electron chi connectivity index (χ4n) is 3.79. The van der Waals surface area contributed by atoms with Crippen LogP contribution in [0.15, 0.2) is 108 Å². The summed E-state index contributed by atoms with van der Waals surface area (Å²) in [6, 6.07) is 32.3. The zero-order valence-electron chi connectivity index (χ0n) is 16.9. The largest absolute Gasteiger partial charge is 0.343 e. The van der Waals surface area contributed by atoms with Crippen LogP contribution in [0.1, 0.15) is 5.69 Å². The number of fused-ring (bicyclic) bond motifs is 1. The predicted molar refractivity (Wildman–Crippen MR) is 139 cm³/mol. The molecule has 156 valence electrons. The molecule has 0 aliphatic carbocycles. The Hall–Kier alpha value is -2.99. The van der Waals surface area contributed by atoms with Crippen LogP contribution in [-0.2, 0) is 0 Å². The van der Waals surface area contributed by atoms with Crippen molar-refractivity contribution in [1.82, 2.24) is 4.57 Å². The highest BCUT2D eigenvalue weighted by Gasteiger charge is 2.30. The van der Waals surface area contributed by atoms with E-state index in [1.54, 1.807) is 0 Å². The van der Waals surface area contributed by atoms with E-state index in [0.29, 0.717) is 10.0 Å². The van der Waals surface area contributed by atoms with Crippen LogP contribution >= 0.6 is 39.7 Å². The number of anilines is 1. The van der Waals surface area contributed by atoms with Crippen LogP contribution in [0.3, 0.4) is 0 Å². The Morgan fingerprint density at radius 2 is 1.53 bits per heavy atom. The lowest BCUT2D eigenvalue weighted by Crippen LogP contribution is -2.22.